The van der Waals surface area contributed by atoms with Gasteiger partial charge in [0.1, 0.15) is 11.5 Å². The Morgan fingerprint density at radius 3 is 2.17 bits per heavy atom. The van der Waals surface area contributed by atoms with Crippen molar-refractivity contribution in [2.45, 2.75) is 18.2 Å². The van der Waals surface area contributed by atoms with Crippen LogP contribution in [0.3, 0.4) is 0 Å². The molecule has 2 rings (SSSR count). The molecule has 2 aromatic rings. The van der Waals surface area contributed by atoms with Gasteiger partial charge in [0.05, 0.1) is 29.8 Å². The van der Waals surface area contributed by atoms with Gasteiger partial charge in [0.25, 0.3) is 10.0 Å². The molecule has 124 valence electrons. The van der Waals surface area contributed by atoms with E-state index >= 15 is 0 Å². The van der Waals surface area contributed by atoms with E-state index in [2.05, 4.69) is 4.72 Å². The van der Waals surface area contributed by atoms with Gasteiger partial charge in [0, 0.05) is 12.1 Å². The molecular formula is C16H18ClNO4S. The Kier molecular flexibility index (Phi) is 5.38. The van der Waals surface area contributed by atoms with Crippen LogP contribution in [0.1, 0.15) is 12.5 Å². The van der Waals surface area contributed by atoms with E-state index in [4.69, 9.17) is 21.1 Å². The van der Waals surface area contributed by atoms with Gasteiger partial charge in [0.15, 0.2) is 0 Å². The summed E-state index contributed by atoms with van der Waals surface area (Å²) in [6, 6.07) is 9.70. The average Bonchev–Trinajstić information content (AvgIpc) is 2.55. The summed E-state index contributed by atoms with van der Waals surface area (Å²) >= 11 is 6.02. The zero-order chi connectivity index (χ0) is 17.0. The Labute approximate surface area is 141 Å². The highest BCUT2D eigenvalue weighted by Gasteiger charge is 2.18. The second-order valence-electron chi connectivity index (χ2n) is 4.79. The first-order valence-electron chi connectivity index (χ1n) is 6.94. The van der Waals surface area contributed by atoms with Crippen molar-refractivity contribution in [3.05, 3.63) is 47.0 Å². The zero-order valence-corrected chi connectivity index (χ0v) is 14.7. The highest BCUT2D eigenvalue weighted by Crippen LogP contribution is 2.36. The average molecular weight is 356 g/mol. The SMILES string of the molecule is CCc1ccc(S(=O)(=O)Nc2cc(OC)c(Cl)cc2OC)cc1. The second kappa shape index (κ2) is 7.10. The predicted molar refractivity (Wildman–Crippen MR) is 91.2 cm³/mol. The number of halogens is 1. The molecule has 0 atom stereocenters. The lowest BCUT2D eigenvalue weighted by Gasteiger charge is -2.14. The Morgan fingerprint density at radius 2 is 1.65 bits per heavy atom. The fourth-order valence-corrected chi connectivity index (χ4v) is 3.34. The topological polar surface area (TPSA) is 64.6 Å². The largest absolute Gasteiger partial charge is 0.495 e. The predicted octanol–water partition coefficient (Wildman–Crippen LogP) is 3.72. The highest BCUT2D eigenvalue weighted by molar-refractivity contribution is 7.92. The van der Waals surface area contributed by atoms with Crippen LogP contribution in [0.15, 0.2) is 41.3 Å². The van der Waals surface area contributed by atoms with Crippen LogP contribution in [0.4, 0.5) is 5.69 Å². The van der Waals surface area contributed by atoms with Gasteiger partial charge < -0.3 is 9.47 Å². The molecule has 7 heteroatoms. The summed E-state index contributed by atoms with van der Waals surface area (Å²) in [6.07, 6.45) is 0.843. The number of aryl methyl sites for hydroxylation is 1. The van der Waals surface area contributed by atoms with Crippen LogP contribution in [-0.4, -0.2) is 22.6 Å². The molecule has 5 nitrogen and oxygen atoms in total. The molecule has 0 saturated heterocycles. The van der Waals surface area contributed by atoms with Gasteiger partial charge in [-0.05, 0) is 24.1 Å². The fourth-order valence-electron chi connectivity index (χ4n) is 2.05. The number of rotatable bonds is 6. The van der Waals surface area contributed by atoms with Crippen LogP contribution in [0, 0.1) is 0 Å². The van der Waals surface area contributed by atoms with Crippen LogP contribution in [0.25, 0.3) is 0 Å². The third-order valence-electron chi connectivity index (χ3n) is 3.36. The highest BCUT2D eigenvalue weighted by atomic mass is 35.5. The maximum Gasteiger partial charge on any atom is 0.262 e. The van der Waals surface area contributed by atoms with Crippen molar-refractivity contribution in [2.75, 3.05) is 18.9 Å². The quantitative estimate of drug-likeness (QED) is 0.857. The Hall–Kier alpha value is -1.92. The standard InChI is InChI=1S/C16H18ClNO4S/c1-4-11-5-7-12(8-6-11)23(19,20)18-14-10-15(21-2)13(17)9-16(14)22-3/h5-10,18H,4H2,1-3H3. The summed E-state index contributed by atoms with van der Waals surface area (Å²) in [7, 11) is -0.847. The lowest BCUT2D eigenvalue weighted by atomic mass is 10.2. The van der Waals surface area contributed by atoms with Gasteiger partial charge in [-0.15, -0.1) is 0 Å². The van der Waals surface area contributed by atoms with E-state index in [0.29, 0.717) is 16.5 Å². The van der Waals surface area contributed by atoms with Gasteiger partial charge in [-0.2, -0.15) is 0 Å². The molecule has 0 aliphatic carbocycles. The first kappa shape index (κ1) is 17.4. The summed E-state index contributed by atoms with van der Waals surface area (Å²) in [6.45, 7) is 2.01. The van der Waals surface area contributed by atoms with Crippen molar-refractivity contribution in [1.29, 1.82) is 0 Å². The molecule has 23 heavy (non-hydrogen) atoms. The first-order chi connectivity index (χ1) is 10.9. The molecule has 0 aliphatic heterocycles. The number of sulfonamides is 1. The molecular weight excluding hydrogens is 338 g/mol. The third-order valence-corrected chi connectivity index (χ3v) is 5.04. The van der Waals surface area contributed by atoms with Crippen molar-refractivity contribution in [3.8, 4) is 11.5 Å². The van der Waals surface area contributed by atoms with E-state index in [1.807, 2.05) is 6.92 Å². The van der Waals surface area contributed by atoms with Gasteiger partial charge in [0.2, 0.25) is 0 Å². The Balaban J connectivity index is 2.39. The molecule has 0 heterocycles. The molecule has 0 unspecified atom stereocenters. The molecule has 0 spiro atoms. The van der Waals surface area contributed by atoms with E-state index in [1.165, 1.54) is 26.4 Å². The summed E-state index contributed by atoms with van der Waals surface area (Å²) < 4.78 is 37.8. The van der Waals surface area contributed by atoms with E-state index in [0.717, 1.165) is 12.0 Å². The van der Waals surface area contributed by atoms with Crippen molar-refractivity contribution >= 4 is 27.3 Å². The fraction of sp³-hybridized carbons (Fsp3) is 0.250. The van der Waals surface area contributed by atoms with E-state index < -0.39 is 10.0 Å². The molecule has 0 saturated carbocycles. The minimum atomic E-state index is -3.74. The number of nitrogens with one attached hydrogen (secondary N) is 1. The van der Waals surface area contributed by atoms with E-state index in [-0.39, 0.29) is 10.6 Å². The minimum absolute atomic E-state index is 0.172. The monoisotopic (exact) mass is 355 g/mol. The molecule has 0 radical (unpaired) electrons. The van der Waals surface area contributed by atoms with Gasteiger partial charge in [-0.3, -0.25) is 4.72 Å². The zero-order valence-electron chi connectivity index (χ0n) is 13.1. The molecule has 2 aromatic carbocycles. The first-order valence-corrected chi connectivity index (χ1v) is 8.80. The van der Waals surface area contributed by atoms with Crippen LogP contribution >= 0.6 is 11.6 Å². The maximum absolute atomic E-state index is 12.5. The van der Waals surface area contributed by atoms with Crippen LogP contribution in [0.2, 0.25) is 5.02 Å². The smallest absolute Gasteiger partial charge is 0.262 e. The summed E-state index contributed by atoms with van der Waals surface area (Å²) in [5.74, 6) is 0.663. The van der Waals surface area contributed by atoms with Gasteiger partial charge in [-0.1, -0.05) is 30.7 Å². The Morgan fingerprint density at radius 1 is 1.04 bits per heavy atom. The molecule has 0 aromatic heterocycles. The summed E-state index contributed by atoms with van der Waals surface area (Å²) in [5.41, 5.74) is 1.32. The number of hydrogen-bond donors (Lipinski definition) is 1. The van der Waals surface area contributed by atoms with Crippen molar-refractivity contribution < 1.29 is 17.9 Å². The normalized spacial score (nSPS) is 11.1. The number of benzene rings is 2. The van der Waals surface area contributed by atoms with Crippen molar-refractivity contribution in [1.82, 2.24) is 0 Å². The lowest BCUT2D eigenvalue weighted by Crippen LogP contribution is -2.13. The van der Waals surface area contributed by atoms with Gasteiger partial charge in [-0.25, -0.2) is 8.42 Å². The Bertz CT molecular complexity index is 788. The van der Waals surface area contributed by atoms with Crippen LogP contribution in [-0.2, 0) is 16.4 Å². The molecule has 0 bridgehead atoms. The van der Waals surface area contributed by atoms with E-state index in [9.17, 15) is 8.42 Å². The number of ether oxygens (including phenoxy) is 2. The molecule has 1 N–H and O–H groups in total. The van der Waals surface area contributed by atoms with Gasteiger partial charge >= 0.3 is 0 Å². The van der Waals surface area contributed by atoms with Crippen molar-refractivity contribution in [2.24, 2.45) is 0 Å². The van der Waals surface area contributed by atoms with Crippen LogP contribution in [0.5, 0.6) is 11.5 Å². The summed E-state index contributed by atoms with van der Waals surface area (Å²) in [5, 5.41) is 0.333. The number of hydrogen-bond acceptors (Lipinski definition) is 4. The lowest BCUT2D eigenvalue weighted by molar-refractivity contribution is 0.405. The maximum atomic E-state index is 12.5. The molecule has 0 aliphatic rings. The number of anilines is 1. The number of methoxy groups -OCH3 is 2. The third kappa shape index (κ3) is 3.89. The van der Waals surface area contributed by atoms with Crippen molar-refractivity contribution in [3.63, 3.8) is 0 Å². The van der Waals surface area contributed by atoms with E-state index in [1.54, 1.807) is 24.3 Å². The molecule has 0 amide bonds. The summed E-state index contributed by atoms with van der Waals surface area (Å²) in [4.78, 5) is 0.172. The minimum Gasteiger partial charge on any atom is -0.495 e. The molecule has 0 fully saturated rings. The van der Waals surface area contributed by atoms with Crippen LogP contribution < -0.4 is 14.2 Å². The second-order valence-corrected chi connectivity index (χ2v) is 6.88.